The molecule has 5 rings (SSSR count). The minimum atomic E-state index is -4.27. The molecule has 0 N–H and O–H groups in total. The molecule has 4 aromatic rings. The Balaban J connectivity index is 1.25. The molecule has 0 bridgehead atoms. The van der Waals surface area contributed by atoms with Gasteiger partial charge in [0.1, 0.15) is 28.8 Å². The van der Waals surface area contributed by atoms with E-state index in [-0.39, 0.29) is 17.8 Å². The number of thiocarbonyl (C=S) groups is 1. The molecular formula is C36H32F5NO2S. The zero-order chi connectivity index (χ0) is 32.0. The van der Waals surface area contributed by atoms with Gasteiger partial charge in [-0.25, -0.2) is 13.2 Å². The Bertz CT molecular complexity index is 1640. The highest BCUT2D eigenvalue weighted by molar-refractivity contribution is 7.78. The van der Waals surface area contributed by atoms with Crippen LogP contribution in [0.15, 0.2) is 83.9 Å². The van der Waals surface area contributed by atoms with Crippen molar-refractivity contribution in [2.75, 3.05) is 6.61 Å². The van der Waals surface area contributed by atoms with Crippen LogP contribution in [0.4, 0.5) is 27.6 Å². The number of hydrogen-bond donors (Lipinski definition) is 0. The van der Waals surface area contributed by atoms with Crippen molar-refractivity contribution in [3.63, 3.8) is 0 Å². The third-order valence-corrected chi connectivity index (χ3v) is 8.20. The summed E-state index contributed by atoms with van der Waals surface area (Å²) in [6.45, 7) is 2.78. The maximum Gasteiger partial charge on any atom is 0.432 e. The fourth-order valence-corrected chi connectivity index (χ4v) is 5.78. The molecule has 0 saturated heterocycles. The molecule has 1 aliphatic carbocycles. The van der Waals surface area contributed by atoms with Crippen molar-refractivity contribution in [1.29, 1.82) is 0 Å². The number of unbranched alkanes of at least 4 members (excludes halogenated alkanes) is 1. The van der Waals surface area contributed by atoms with Crippen LogP contribution < -0.4 is 4.74 Å². The number of isothiocyanates is 1. The van der Waals surface area contributed by atoms with Crippen molar-refractivity contribution in [3.05, 3.63) is 107 Å². The Morgan fingerprint density at radius 3 is 2.02 bits per heavy atom. The fraction of sp³-hybridized carbons (Fsp3) is 0.306. The Kier molecular flexibility index (Phi) is 10.4. The molecule has 45 heavy (non-hydrogen) atoms. The van der Waals surface area contributed by atoms with Gasteiger partial charge in [0.2, 0.25) is 0 Å². The number of hydrogen-bond acceptors (Lipinski definition) is 4. The van der Waals surface area contributed by atoms with E-state index in [1.807, 2.05) is 0 Å². The second-order valence-corrected chi connectivity index (χ2v) is 11.3. The van der Waals surface area contributed by atoms with E-state index in [2.05, 4.69) is 29.3 Å². The Labute approximate surface area is 264 Å². The summed E-state index contributed by atoms with van der Waals surface area (Å²) in [6, 6.07) is 18.9. The van der Waals surface area contributed by atoms with Gasteiger partial charge in [-0.05, 0) is 115 Å². The minimum absolute atomic E-state index is 0.115. The highest BCUT2D eigenvalue weighted by Crippen LogP contribution is 2.40. The van der Waals surface area contributed by atoms with E-state index in [4.69, 9.17) is 9.47 Å². The molecule has 4 aromatic carbocycles. The Hall–Kier alpha value is -3.91. The molecular weight excluding hydrogens is 605 g/mol. The predicted molar refractivity (Wildman–Crippen MR) is 169 cm³/mol. The predicted octanol–water partition coefficient (Wildman–Crippen LogP) is 11.1. The third-order valence-electron chi connectivity index (χ3n) is 8.11. The van der Waals surface area contributed by atoms with Crippen LogP contribution in [0.2, 0.25) is 0 Å². The number of nitrogens with zero attached hydrogens (tertiary/aromatic N) is 1. The average Bonchev–Trinajstić information content (AvgIpc) is 3.02. The van der Waals surface area contributed by atoms with E-state index in [0.29, 0.717) is 53.0 Å². The molecule has 0 aromatic heterocycles. The van der Waals surface area contributed by atoms with Crippen LogP contribution in [0.3, 0.4) is 0 Å². The largest absolute Gasteiger partial charge is 0.432 e. The van der Waals surface area contributed by atoms with Gasteiger partial charge >= 0.3 is 6.11 Å². The zero-order valence-electron chi connectivity index (χ0n) is 24.7. The summed E-state index contributed by atoms with van der Waals surface area (Å²) < 4.78 is 85.9. The van der Waals surface area contributed by atoms with Crippen molar-refractivity contribution in [2.45, 2.75) is 63.6 Å². The van der Waals surface area contributed by atoms with Crippen LogP contribution >= 0.6 is 12.2 Å². The minimum Gasteiger partial charge on any atom is -0.429 e. The van der Waals surface area contributed by atoms with E-state index in [0.717, 1.165) is 37.8 Å². The summed E-state index contributed by atoms with van der Waals surface area (Å²) in [4.78, 5) is 3.88. The van der Waals surface area contributed by atoms with Crippen molar-refractivity contribution >= 4 is 23.1 Å². The maximum atomic E-state index is 15.1. The first-order valence-electron chi connectivity index (χ1n) is 14.9. The smallest absolute Gasteiger partial charge is 0.429 e. The molecule has 1 fully saturated rings. The van der Waals surface area contributed by atoms with Crippen LogP contribution in [0, 0.1) is 17.5 Å². The van der Waals surface area contributed by atoms with Crippen LogP contribution in [-0.2, 0) is 10.8 Å². The lowest BCUT2D eigenvalue weighted by Gasteiger charge is -2.29. The molecule has 9 heteroatoms. The van der Waals surface area contributed by atoms with Gasteiger partial charge in [-0.1, -0.05) is 49.7 Å². The number of halogens is 5. The van der Waals surface area contributed by atoms with Crippen LogP contribution in [0.1, 0.15) is 62.5 Å². The number of alkyl halides is 2. The summed E-state index contributed by atoms with van der Waals surface area (Å²) in [5.74, 6) is -3.63. The van der Waals surface area contributed by atoms with Crippen LogP contribution in [-0.4, -0.2) is 17.9 Å². The molecule has 1 saturated carbocycles. The highest BCUT2D eigenvalue weighted by Gasteiger charge is 2.41. The van der Waals surface area contributed by atoms with Crippen LogP contribution in [0.5, 0.6) is 5.75 Å². The topological polar surface area (TPSA) is 30.8 Å². The first kappa shape index (κ1) is 32.5. The molecule has 0 unspecified atom stereocenters. The Morgan fingerprint density at radius 1 is 0.800 bits per heavy atom. The quantitative estimate of drug-likeness (QED) is 0.0710. The highest BCUT2D eigenvalue weighted by atomic mass is 32.1. The van der Waals surface area contributed by atoms with Gasteiger partial charge in [-0.2, -0.15) is 13.8 Å². The summed E-state index contributed by atoms with van der Waals surface area (Å²) in [5, 5.41) is 2.28. The molecule has 234 valence electrons. The SMILES string of the molecule is CCCCOC1CCC(c2cc(F)c(C(F)(F)Oc3ccc(-c4ccc(-c5ccc(N=C=S)cc5)c(F)c4)cc3)c(F)c2)CC1. The number of aliphatic imine (C=N–C) groups is 1. The second-order valence-electron chi connectivity index (χ2n) is 11.1. The van der Waals surface area contributed by atoms with E-state index >= 15 is 22.0 Å². The maximum absolute atomic E-state index is 15.1. The van der Waals surface area contributed by atoms with Crippen molar-refractivity contribution < 1.29 is 31.4 Å². The standard InChI is InChI=1S/C36H32F5NO2S/c1-2-3-18-43-29-13-6-24(7-14-29)27-20-33(38)35(34(39)21-27)36(40,41)44-30-15-8-23(9-16-30)26-10-17-31(32(37)19-26)25-4-11-28(12-5-25)42-22-45/h4-5,8-12,15-17,19-21,24,29H,2-3,6-7,13-14,18H2,1H3. The molecule has 0 radical (unpaired) electrons. The van der Waals surface area contributed by atoms with E-state index in [1.165, 1.54) is 30.3 Å². The lowest BCUT2D eigenvalue weighted by molar-refractivity contribution is -0.189. The molecule has 0 spiro atoms. The van der Waals surface area contributed by atoms with Gasteiger partial charge in [-0.15, -0.1) is 0 Å². The second kappa shape index (κ2) is 14.5. The van der Waals surface area contributed by atoms with Crippen molar-refractivity contribution in [1.82, 2.24) is 0 Å². The van der Waals surface area contributed by atoms with Gasteiger partial charge in [0.05, 0.1) is 17.0 Å². The van der Waals surface area contributed by atoms with Crippen molar-refractivity contribution in [3.8, 4) is 28.0 Å². The molecule has 0 aliphatic heterocycles. The van der Waals surface area contributed by atoms with E-state index in [9.17, 15) is 0 Å². The summed E-state index contributed by atoms with van der Waals surface area (Å²) in [6.07, 6.45) is 0.710. The number of benzene rings is 4. The van der Waals surface area contributed by atoms with Gasteiger partial charge in [0, 0.05) is 12.2 Å². The summed E-state index contributed by atoms with van der Waals surface area (Å²) >= 11 is 4.59. The van der Waals surface area contributed by atoms with Gasteiger partial charge < -0.3 is 9.47 Å². The molecule has 0 amide bonds. The van der Waals surface area contributed by atoms with E-state index < -0.39 is 29.1 Å². The lowest BCUT2D eigenvalue weighted by atomic mass is 9.82. The Morgan fingerprint density at radius 2 is 1.42 bits per heavy atom. The summed E-state index contributed by atoms with van der Waals surface area (Å²) in [7, 11) is 0. The monoisotopic (exact) mass is 637 g/mol. The number of rotatable bonds is 11. The fourth-order valence-electron chi connectivity index (χ4n) is 5.68. The first-order chi connectivity index (χ1) is 21.7. The zero-order valence-corrected chi connectivity index (χ0v) is 25.5. The molecule has 0 heterocycles. The molecule has 1 aliphatic rings. The van der Waals surface area contributed by atoms with Crippen molar-refractivity contribution in [2.24, 2.45) is 4.99 Å². The van der Waals surface area contributed by atoms with Crippen LogP contribution in [0.25, 0.3) is 22.3 Å². The molecule has 3 nitrogen and oxygen atoms in total. The van der Waals surface area contributed by atoms with E-state index in [1.54, 1.807) is 36.4 Å². The van der Waals surface area contributed by atoms with Gasteiger partial charge in [0.25, 0.3) is 0 Å². The number of ether oxygens (including phenoxy) is 2. The molecule has 0 atom stereocenters. The third kappa shape index (κ3) is 7.85. The lowest BCUT2D eigenvalue weighted by Crippen LogP contribution is -2.26. The first-order valence-corrected chi connectivity index (χ1v) is 15.4. The normalized spacial score (nSPS) is 16.7. The summed E-state index contributed by atoms with van der Waals surface area (Å²) in [5.41, 5.74) is 1.57. The van der Waals surface area contributed by atoms with Gasteiger partial charge in [0.15, 0.2) is 0 Å². The van der Waals surface area contributed by atoms with Gasteiger partial charge in [-0.3, -0.25) is 0 Å². The average molecular weight is 638 g/mol.